The third-order valence-electron chi connectivity index (χ3n) is 3.43. The first-order valence-corrected chi connectivity index (χ1v) is 6.63. The second-order valence-corrected chi connectivity index (χ2v) is 5.12. The van der Waals surface area contributed by atoms with Crippen molar-refractivity contribution in [1.29, 1.82) is 0 Å². The lowest BCUT2D eigenvalue weighted by Crippen LogP contribution is -2.29. The van der Waals surface area contributed by atoms with Crippen molar-refractivity contribution in [3.8, 4) is 0 Å². The predicted molar refractivity (Wildman–Crippen MR) is 70.2 cm³/mol. The molecule has 106 valence electrons. The van der Waals surface area contributed by atoms with Gasteiger partial charge in [0.05, 0.1) is 5.56 Å². The molecule has 1 saturated heterocycles. The highest BCUT2D eigenvalue weighted by Gasteiger charge is 2.33. The standard InChI is InChI=1S/C14H19F3N2/c1-10(9-11-5-4-8-18-11)19-13-7-3-2-6-12(13)14(15,16)17/h2-3,6-7,10-11,18-19H,4-5,8-9H2,1H3. The summed E-state index contributed by atoms with van der Waals surface area (Å²) in [7, 11) is 0. The van der Waals surface area contributed by atoms with E-state index in [0.29, 0.717) is 6.04 Å². The first-order chi connectivity index (χ1) is 8.97. The van der Waals surface area contributed by atoms with Gasteiger partial charge in [0.15, 0.2) is 0 Å². The predicted octanol–water partition coefficient (Wildman–Crippen LogP) is 3.65. The second kappa shape index (κ2) is 5.82. The minimum Gasteiger partial charge on any atom is -0.382 e. The Kier molecular flexibility index (Phi) is 4.34. The lowest BCUT2D eigenvalue weighted by Gasteiger charge is -2.21. The molecule has 2 atom stereocenters. The fourth-order valence-electron chi connectivity index (χ4n) is 2.57. The summed E-state index contributed by atoms with van der Waals surface area (Å²) in [4.78, 5) is 0. The molecule has 2 nitrogen and oxygen atoms in total. The summed E-state index contributed by atoms with van der Waals surface area (Å²) in [6.45, 7) is 2.93. The van der Waals surface area contributed by atoms with Crippen LogP contribution in [0.4, 0.5) is 18.9 Å². The molecule has 0 radical (unpaired) electrons. The van der Waals surface area contributed by atoms with Crippen LogP contribution in [0, 0.1) is 0 Å². The Labute approximate surface area is 111 Å². The van der Waals surface area contributed by atoms with E-state index < -0.39 is 11.7 Å². The van der Waals surface area contributed by atoms with E-state index >= 15 is 0 Å². The molecule has 2 unspecified atom stereocenters. The van der Waals surface area contributed by atoms with Gasteiger partial charge in [-0.1, -0.05) is 12.1 Å². The van der Waals surface area contributed by atoms with Gasteiger partial charge >= 0.3 is 6.18 Å². The van der Waals surface area contributed by atoms with Gasteiger partial charge in [-0.2, -0.15) is 13.2 Å². The second-order valence-electron chi connectivity index (χ2n) is 5.12. The molecule has 1 heterocycles. The van der Waals surface area contributed by atoms with Gasteiger partial charge in [0.1, 0.15) is 0 Å². The zero-order chi connectivity index (χ0) is 13.9. The zero-order valence-electron chi connectivity index (χ0n) is 10.9. The maximum Gasteiger partial charge on any atom is 0.418 e. The average Bonchev–Trinajstić information content (AvgIpc) is 2.81. The van der Waals surface area contributed by atoms with Crippen LogP contribution in [0.3, 0.4) is 0 Å². The molecule has 0 aromatic heterocycles. The molecule has 0 bridgehead atoms. The van der Waals surface area contributed by atoms with Crippen LogP contribution in [-0.2, 0) is 6.18 Å². The summed E-state index contributed by atoms with van der Waals surface area (Å²) in [5.41, 5.74) is -0.429. The number of halogens is 3. The van der Waals surface area contributed by atoms with Gasteiger partial charge in [-0.05, 0) is 44.9 Å². The normalized spacial score (nSPS) is 21.4. The molecule has 2 N–H and O–H groups in total. The lowest BCUT2D eigenvalue weighted by molar-refractivity contribution is -0.137. The molecular formula is C14H19F3N2. The number of hydrogen-bond acceptors (Lipinski definition) is 2. The van der Waals surface area contributed by atoms with E-state index in [1.807, 2.05) is 6.92 Å². The number of nitrogens with one attached hydrogen (secondary N) is 2. The van der Waals surface area contributed by atoms with Gasteiger partial charge in [0, 0.05) is 17.8 Å². The Morgan fingerprint density at radius 1 is 1.37 bits per heavy atom. The van der Waals surface area contributed by atoms with Gasteiger partial charge in [-0.25, -0.2) is 0 Å². The van der Waals surface area contributed by atoms with E-state index in [-0.39, 0.29) is 11.7 Å². The van der Waals surface area contributed by atoms with Crippen molar-refractivity contribution >= 4 is 5.69 Å². The van der Waals surface area contributed by atoms with Crippen LogP contribution in [0.1, 0.15) is 31.7 Å². The molecule has 1 aliphatic heterocycles. The first-order valence-electron chi connectivity index (χ1n) is 6.63. The van der Waals surface area contributed by atoms with E-state index in [1.54, 1.807) is 6.07 Å². The zero-order valence-corrected chi connectivity index (χ0v) is 10.9. The number of hydrogen-bond donors (Lipinski definition) is 2. The summed E-state index contributed by atoms with van der Waals surface area (Å²) in [5.74, 6) is 0. The van der Waals surface area contributed by atoms with E-state index in [1.165, 1.54) is 12.1 Å². The largest absolute Gasteiger partial charge is 0.418 e. The topological polar surface area (TPSA) is 24.1 Å². The van der Waals surface area contributed by atoms with Crippen LogP contribution in [0.5, 0.6) is 0 Å². The highest BCUT2D eigenvalue weighted by Crippen LogP contribution is 2.35. The molecule has 1 fully saturated rings. The van der Waals surface area contributed by atoms with Crippen LogP contribution < -0.4 is 10.6 Å². The number of rotatable bonds is 4. The smallest absolute Gasteiger partial charge is 0.382 e. The van der Waals surface area contributed by atoms with Gasteiger partial charge in [-0.3, -0.25) is 0 Å². The quantitative estimate of drug-likeness (QED) is 0.874. The number of anilines is 1. The van der Waals surface area contributed by atoms with Crippen LogP contribution in [0.2, 0.25) is 0 Å². The van der Waals surface area contributed by atoms with Crippen molar-refractivity contribution in [2.75, 3.05) is 11.9 Å². The van der Waals surface area contributed by atoms with Crippen LogP contribution >= 0.6 is 0 Å². The highest BCUT2D eigenvalue weighted by molar-refractivity contribution is 5.53. The SMILES string of the molecule is CC(CC1CCCN1)Nc1ccccc1C(F)(F)F. The summed E-state index contributed by atoms with van der Waals surface area (Å²) in [6, 6.07) is 6.07. The Morgan fingerprint density at radius 2 is 2.11 bits per heavy atom. The van der Waals surface area contributed by atoms with Gasteiger partial charge in [0.2, 0.25) is 0 Å². The lowest BCUT2D eigenvalue weighted by atomic mass is 10.1. The molecule has 0 aliphatic carbocycles. The third kappa shape index (κ3) is 3.86. The molecular weight excluding hydrogens is 253 g/mol. The Hall–Kier alpha value is -1.23. The number of benzene rings is 1. The van der Waals surface area contributed by atoms with Crippen molar-refractivity contribution in [2.45, 2.75) is 44.4 Å². The molecule has 1 aromatic carbocycles. The van der Waals surface area contributed by atoms with E-state index in [4.69, 9.17) is 0 Å². The maximum absolute atomic E-state index is 12.9. The van der Waals surface area contributed by atoms with Gasteiger partial charge < -0.3 is 10.6 Å². The summed E-state index contributed by atoms with van der Waals surface area (Å²) in [6.07, 6.45) is -1.22. The fraction of sp³-hybridized carbons (Fsp3) is 0.571. The van der Waals surface area contributed by atoms with Crippen LogP contribution in [0.15, 0.2) is 24.3 Å². The van der Waals surface area contributed by atoms with Gasteiger partial charge in [0.25, 0.3) is 0 Å². The molecule has 1 aliphatic rings. The summed E-state index contributed by atoms with van der Waals surface area (Å²) < 4.78 is 38.6. The van der Waals surface area contributed by atoms with Crippen molar-refractivity contribution in [3.63, 3.8) is 0 Å². The van der Waals surface area contributed by atoms with E-state index in [2.05, 4.69) is 10.6 Å². The monoisotopic (exact) mass is 272 g/mol. The Bertz CT molecular complexity index is 411. The van der Waals surface area contributed by atoms with Crippen molar-refractivity contribution in [3.05, 3.63) is 29.8 Å². The molecule has 1 aromatic rings. The fourth-order valence-corrected chi connectivity index (χ4v) is 2.57. The number of alkyl halides is 3. The minimum atomic E-state index is -4.31. The van der Waals surface area contributed by atoms with Crippen molar-refractivity contribution < 1.29 is 13.2 Å². The summed E-state index contributed by atoms with van der Waals surface area (Å²) >= 11 is 0. The molecule has 5 heteroatoms. The Morgan fingerprint density at radius 3 is 2.74 bits per heavy atom. The molecule has 2 rings (SSSR count). The molecule has 0 spiro atoms. The van der Waals surface area contributed by atoms with E-state index in [9.17, 15) is 13.2 Å². The van der Waals surface area contributed by atoms with E-state index in [0.717, 1.165) is 31.9 Å². The Balaban J connectivity index is 2.01. The molecule has 19 heavy (non-hydrogen) atoms. The first kappa shape index (κ1) is 14.2. The van der Waals surface area contributed by atoms with Gasteiger partial charge in [-0.15, -0.1) is 0 Å². The number of para-hydroxylation sites is 1. The average molecular weight is 272 g/mol. The third-order valence-corrected chi connectivity index (χ3v) is 3.43. The maximum atomic E-state index is 12.9. The van der Waals surface area contributed by atoms with Crippen molar-refractivity contribution in [2.24, 2.45) is 0 Å². The summed E-state index contributed by atoms with van der Waals surface area (Å²) in [5, 5.41) is 6.34. The molecule has 0 saturated carbocycles. The van der Waals surface area contributed by atoms with Crippen molar-refractivity contribution in [1.82, 2.24) is 5.32 Å². The minimum absolute atomic E-state index is 0.0131. The molecule has 0 amide bonds. The van der Waals surface area contributed by atoms with Crippen LogP contribution in [0.25, 0.3) is 0 Å². The highest BCUT2D eigenvalue weighted by atomic mass is 19.4. The van der Waals surface area contributed by atoms with Crippen LogP contribution in [-0.4, -0.2) is 18.6 Å².